The largest absolute Gasteiger partial charge is 0.474 e. The number of hydrogen-bond acceptors (Lipinski definition) is 5. The topological polar surface area (TPSA) is 134 Å². The molecule has 0 aromatic heterocycles. The van der Waals surface area contributed by atoms with Crippen LogP contribution in [0.4, 0.5) is 4.79 Å². The van der Waals surface area contributed by atoms with Gasteiger partial charge in [0, 0.05) is 12.3 Å². The molecule has 9 nitrogen and oxygen atoms in total. The van der Waals surface area contributed by atoms with E-state index in [0.29, 0.717) is 5.56 Å². The smallest absolute Gasteiger partial charge is 0.426 e. The van der Waals surface area contributed by atoms with Gasteiger partial charge < -0.3 is 15.2 Å². The van der Waals surface area contributed by atoms with Crippen LogP contribution < -0.4 is 16.2 Å². The van der Waals surface area contributed by atoms with Crippen molar-refractivity contribution in [3.8, 4) is 11.1 Å². The van der Waals surface area contributed by atoms with Crippen LogP contribution in [0.25, 0.3) is 11.1 Å². The van der Waals surface area contributed by atoms with Crippen LogP contribution in [0, 0.1) is 0 Å². The van der Waals surface area contributed by atoms with Crippen molar-refractivity contribution >= 4 is 23.9 Å². The molecule has 0 saturated carbocycles. The van der Waals surface area contributed by atoms with E-state index >= 15 is 0 Å². The molecule has 4 N–H and O–H groups in total. The van der Waals surface area contributed by atoms with Gasteiger partial charge >= 0.3 is 18.0 Å². The van der Waals surface area contributed by atoms with Gasteiger partial charge in [0.1, 0.15) is 12.6 Å². The minimum Gasteiger partial charge on any atom is -0.474 e. The Balaban J connectivity index is 1.36. The number of nitrogens with one attached hydrogen (secondary N) is 3. The lowest BCUT2D eigenvalue weighted by atomic mass is 9.98. The van der Waals surface area contributed by atoms with Crippen molar-refractivity contribution in [1.82, 2.24) is 16.2 Å². The van der Waals surface area contributed by atoms with E-state index in [1.54, 1.807) is 30.3 Å². The van der Waals surface area contributed by atoms with Crippen molar-refractivity contribution in [3.63, 3.8) is 0 Å². The number of carboxylic acid groups (broad SMARTS) is 1. The third-order valence-corrected chi connectivity index (χ3v) is 5.73. The zero-order valence-corrected chi connectivity index (χ0v) is 18.6. The van der Waals surface area contributed by atoms with Crippen LogP contribution in [-0.2, 0) is 25.5 Å². The van der Waals surface area contributed by atoms with Crippen LogP contribution in [-0.4, -0.2) is 41.6 Å². The first kappa shape index (κ1) is 23.5. The molecular weight excluding hydrogens is 450 g/mol. The number of carbonyl (C=O) groups is 4. The number of benzene rings is 3. The number of ether oxygens (including phenoxy) is 1. The summed E-state index contributed by atoms with van der Waals surface area (Å²) >= 11 is 0. The molecular formula is C26H23N3O6. The highest BCUT2D eigenvalue weighted by atomic mass is 16.6. The molecule has 9 heteroatoms. The number of rotatable bonds is 6. The molecule has 3 aromatic rings. The van der Waals surface area contributed by atoms with Crippen molar-refractivity contribution in [2.24, 2.45) is 0 Å². The molecule has 0 fully saturated rings. The minimum atomic E-state index is -1.72. The Morgan fingerprint density at radius 2 is 1.37 bits per heavy atom. The normalized spacial score (nSPS) is 12.6. The van der Waals surface area contributed by atoms with E-state index in [1.807, 2.05) is 48.5 Å². The fourth-order valence-corrected chi connectivity index (χ4v) is 4.11. The van der Waals surface area contributed by atoms with Crippen molar-refractivity contribution in [2.75, 3.05) is 6.61 Å². The first-order chi connectivity index (χ1) is 16.9. The minimum absolute atomic E-state index is 0.0259. The summed E-state index contributed by atoms with van der Waals surface area (Å²) in [6.45, 7) is 0.0545. The Bertz CT molecular complexity index is 1220. The molecule has 1 aliphatic rings. The summed E-state index contributed by atoms with van der Waals surface area (Å²) in [6, 6.07) is 23.3. The van der Waals surface area contributed by atoms with Gasteiger partial charge in [-0.05, 0) is 27.8 Å². The van der Waals surface area contributed by atoms with E-state index in [0.717, 1.165) is 22.3 Å². The number of carbonyl (C=O) groups excluding carboxylic acids is 3. The molecule has 0 heterocycles. The van der Waals surface area contributed by atoms with Gasteiger partial charge in [0.2, 0.25) is 0 Å². The molecule has 3 amide bonds. The molecule has 0 spiro atoms. The summed E-state index contributed by atoms with van der Waals surface area (Å²) in [6.07, 6.45) is -0.860. The van der Waals surface area contributed by atoms with E-state index in [9.17, 15) is 19.2 Å². The standard InChI is InChI=1S/C26H23N3O6/c30-23(22(27-24(31)25(32)33)14-16-8-2-1-3-9-16)28-29-26(34)35-15-21-19-12-6-4-10-17(19)18-11-5-7-13-20(18)21/h1-13,21-22H,14-15H2,(H,27,31)(H,28,30)(H,29,34)(H,32,33). The molecule has 1 unspecified atom stereocenters. The first-order valence-corrected chi connectivity index (χ1v) is 10.9. The number of aliphatic carboxylic acids is 1. The summed E-state index contributed by atoms with van der Waals surface area (Å²) in [4.78, 5) is 47.5. The van der Waals surface area contributed by atoms with Crippen LogP contribution >= 0.6 is 0 Å². The van der Waals surface area contributed by atoms with E-state index in [2.05, 4.69) is 16.2 Å². The van der Waals surface area contributed by atoms with E-state index in [-0.39, 0.29) is 18.9 Å². The molecule has 3 aromatic carbocycles. The van der Waals surface area contributed by atoms with E-state index in [4.69, 9.17) is 9.84 Å². The summed E-state index contributed by atoms with van der Waals surface area (Å²) in [5.74, 6) is -4.00. The first-order valence-electron chi connectivity index (χ1n) is 10.9. The van der Waals surface area contributed by atoms with Crippen LogP contribution in [0.15, 0.2) is 78.9 Å². The summed E-state index contributed by atoms with van der Waals surface area (Å²) < 4.78 is 5.36. The van der Waals surface area contributed by atoms with Gasteiger partial charge in [-0.25, -0.2) is 15.0 Å². The second kappa shape index (κ2) is 10.5. The highest BCUT2D eigenvalue weighted by molar-refractivity contribution is 6.32. The third-order valence-electron chi connectivity index (χ3n) is 5.73. The van der Waals surface area contributed by atoms with Crippen molar-refractivity contribution in [2.45, 2.75) is 18.4 Å². The predicted molar refractivity (Wildman–Crippen MR) is 126 cm³/mol. The highest BCUT2D eigenvalue weighted by Gasteiger charge is 2.29. The van der Waals surface area contributed by atoms with Crippen LogP contribution in [0.1, 0.15) is 22.6 Å². The second-order valence-electron chi connectivity index (χ2n) is 7.96. The van der Waals surface area contributed by atoms with Crippen LogP contribution in [0.2, 0.25) is 0 Å². The monoisotopic (exact) mass is 473 g/mol. The Morgan fingerprint density at radius 3 is 1.97 bits per heavy atom. The van der Waals surface area contributed by atoms with Crippen molar-refractivity contribution in [1.29, 1.82) is 0 Å². The van der Waals surface area contributed by atoms with Gasteiger partial charge in [-0.1, -0.05) is 78.9 Å². The quantitative estimate of drug-likeness (QED) is 0.321. The lowest BCUT2D eigenvalue weighted by molar-refractivity contribution is -0.151. The summed E-state index contributed by atoms with van der Waals surface area (Å²) in [5.41, 5.74) is 9.31. The summed E-state index contributed by atoms with van der Waals surface area (Å²) in [7, 11) is 0. The molecule has 1 atom stereocenters. The number of hydrazine groups is 1. The number of carboxylic acids is 1. The zero-order chi connectivity index (χ0) is 24.8. The fourth-order valence-electron chi connectivity index (χ4n) is 4.11. The summed E-state index contributed by atoms with van der Waals surface area (Å²) in [5, 5.41) is 11.0. The Kier molecular flexibility index (Phi) is 7.06. The average Bonchev–Trinajstić information content (AvgIpc) is 3.19. The number of fused-ring (bicyclic) bond motifs is 3. The van der Waals surface area contributed by atoms with Gasteiger partial charge in [-0.2, -0.15) is 0 Å². The lowest BCUT2D eigenvalue weighted by Gasteiger charge is -2.18. The lowest BCUT2D eigenvalue weighted by Crippen LogP contribution is -2.54. The van der Waals surface area contributed by atoms with Crippen molar-refractivity contribution in [3.05, 3.63) is 95.6 Å². The van der Waals surface area contributed by atoms with Crippen molar-refractivity contribution < 1.29 is 29.0 Å². The maximum atomic E-state index is 12.6. The molecule has 0 radical (unpaired) electrons. The maximum absolute atomic E-state index is 12.6. The van der Waals surface area contributed by atoms with Gasteiger partial charge in [0.05, 0.1) is 0 Å². The fraction of sp³-hybridized carbons (Fsp3) is 0.154. The van der Waals surface area contributed by atoms with Gasteiger partial charge in [0.25, 0.3) is 5.91 Å². The predicted octanol–water partition coefficient (Wildman–Crippen LogP) is 2.37. The molecule has 178 valence electrons. The Morgan fingerprint density at radius 1 is 0.800 bits per heavy atom. The molecule has 4 rings (SSSR count). The van der Waals surface area contributed by atoms with E-state index < -0.39 is 29.9 Å². The molecule has 1 aliphatic carbocycles. The molecule has 0 bridgehead atoms. The van der Waals surface area contributed by atoms with Gasteiger partial charge in [0.15, 0.2) is 0 Å². The highest BCUT2D eigenvalue weighted by Crippen LogP contribution is 2.44. The second-order valence-corrected chi connectivity index (χ2v) is 7.96. The zero-order valence-electron chi connectivity index (χ0n) is 18.6. The molecule has 0 aliphatic heterocycles. The Hall–Kier alpha value is -4.66. The van der Waals surface area contributed by atoms with Gasteiger partial charge in [-0.3, -0.25) is 15.0 Å². The van der Waals surface area contributed by atoms with E-state index in [1.165, 1.54) is 0 Å². The van der Waals surface area contributed by atoms with Gasteiger partial charge in [-0.15, -0.1) is 0 Å². The van der Waals surface area contributed by atoms with Crippen LogP contribution in [0.5, 0.6) is 0 Å². The molecule has 35 heavy (non-hydrogen) atoms. The maximum Gasteiger partial charge on any atom is 0.426 e. The average molecular weight is 473 g/mol. The SMILES string of the molecule is O=C(NNC(=O)C(Cc1ccccc1)NC(=O)C(=O)O)OCC1c2ccccc2-c2ccccc21. The van der Waals surface area contributed by atoms with Crippen LogP contribution in [0.3, 0.4) is 0 Å². The number of hydrogen-bond donors (Lipinski definition) is 4. The Labute approximate surface area is 201 Å². The third kappa shape index (κ3) is 5.47. The number of amides is 3. The molecule has 0 saturated heterocycles.